The lowest BCUT2D eigenvalue weighted by molar-refractivity contribution is 0.306. The molecule has 0 aromatic carbocycles. The van der Waals surface area contributed by atoms with E-state index in [4.69, 9.17) is 27.6 Å². The summed E-state index contributed by atoms with van der Waals surface area (Å²) < 4.78 is 4.81. The number of hydrogen-bond donors (Lipinski definition) is 0. The van der Waals surface area contributed by atoms with Crippen molar-refractivity contribution in [3.05, 3.63) is 0 Å². The molecule has 0 aromatic rings. The monoisotopic (exact) mass is 158 g/mol. The zero-order valence-electron chi connectivity index (χ0n) is 4.16. The zero-order chi connectivity index (χ0) is 5.70. The molecule has 1 nitrogen and oxygen atoms in total. The molecule has 0 saturated heterocycles. The van der Waals surface area contributed by atoms with E-state index < -0.39 is 0 Å². The number of hydrogen-bond acceptors (Lipinski definition) is 1. The first kappa shape index (κ1) is 7.76. The van der Waals surface area contributed by atoms with Crippen LogP contribution in [0, 0.1) is 0 Å². The van der Waals surface area contributed by atoms with E-state index in [1.54, 1.807) is 0 Å². The first-order valence-electron chi connectivity index (χ1n) is 2.04. The minimum atomic E-state index is -0.149. The van der Waals surface area contributed by atoms with Crippen LogP contribution >= 0.6 is 23.2 Å². The van der Waals surface area contributed by atoms with E-state index in [1.807, 2.05) is 0 Å². The smallest absolute Gasteiger partial charge is 0.148 e. The lowest BCUT2D eigenvalue weighted by atomic mass is 10.5. The maximum absolute atomic E-state index is 5.49. The SMILES string of the molecule is [SiH3]OC(Cl)CCCl. The Morgan fingerprint density at radius 1 is 1.71 bits per heavy atom. The molecule has 0 aliphatic heterocycles. The van der Waals surface area contributed by atoms with Crippen molar-refractivity contribution in [3.63, 3.8) is 0 Å². The van der Waals surface area contributed by atoms with Crippen LogP contribution < -0.4 is 0 Å². The predicted molar refractivity (Wildman–Crippen MR) is 36.0 cm³/mol. The van der Waals surface area contributed by atoms with Gasteiger partial charge in [-0.25, -0.2) is 0 Å². The largest absolute Gasteiger partial charge is 0.412 e. The molecule has 0 N–H and O–H groups in total. The average molecular weight is 159 g/mol. The molecular weight excluding hydrogens is 151 g/mol. The molecule has 4 heteroatoms. The van der Waals surface area contributed by atoms with Crippen LogP contribution in [0.3, 0.4) is 0 Å². The van der Waals surface area contributed by atoms with E-state index in [1.165, 1.54) is 0 Å². The number of halogens is 2. The minimum Gasteiger partial charge on any atom is -0.412 e. The second-order valence-electron chi connectivity index (χ2n) is 1.12. The first-order chi connectivity index (χ1) is 3.31. The van der Waals surface area contributed by atoms with Crippen molar-refractivity contribution in [1.82, 2.24) is 0 Å². The Kier molecular flexibility index (Phi) is 5.44. The summed E-state index contributed by atoms with van der Waals surface area (Å²) >= 11 is 10.8. The molecule has 0 radical (unpaired) electrons. The summed E-state index contributed by atoms with van der Waals surface area (Å²) in [5, 5.41) is 0. The average Bonchev–Trinajstić information content (AvgIpc) is 1.68. The molecule has 1 unspecified atom stereocenters. The normalized spacial score (nSPS) is 14.6. The highest BCUT2D eigenvalue weighted by Gasteiger charge is 1.96. The molecule has 0 aromatic heterocycles. The molecule has 0 heterocycles. The molecule has 0 spiro atoms. The molecule has 0 saturated carbocycles. The molecule has 0 aliphatic rings. The van der Waals surface area contributed by atoms with Gasteiger partial charge in [-0.2, -0.15) is 0 Å². The van der Waals surface area contributed by atoms with Gasteiger partial charge in [-0.1, -0.05) is 11.6 Å². The van der Waals surface area contributed by atoms with Gasteiger partial charge in [0.05, 0.1) is 0 Å². The standard InChI is InChI=1S/C3H8Cl2OSi/c4-2-1-3(5)6-7/h3H,1-2H2,7H3. The summed E-state index contributed by atoms with van der Waals surface area (Å²) in [6.07, 6.45) is 0.743. The summed E-state index contributed by atoms with van der Waals surface area (Å²) in [5.41, 5.74) is -0.149. The molecule has 0 fully saturated rings. The Labute approximate surface area is 56.5 Å². The fourth-order valence-electron chi connectivity index (χ4n) is 0.204. The lowest BCUT2D eigenvalue weighted by Gasteiger charge is -2.01. The number of alkyl halides is 2. The Morgan fingerprint density at radius 3 is 2.43 bits per heavy atom. The second-order valence-corrected chi connectivity index (χ2v) is 2.46. The highest BCUT2D eigenvalue weighted by Crippen LogP contribution is 2.01. The fraction of sp³-hybridized carbons (Fsp3) is 1.00. The fourth-order valence-corrected chi connectivity index (χ4v) is 0.858. The molecule has 1 atom stereocenters. The summed E-state index contributed by atoms with van der Waals surface area (Å²) in [6.45, 7) is 0. The van der Waals surface area contributed by atoms with Crippen LogP contribution in [0.1, 0.15) is 6.42 Å². The summed E-state index contributed by atoms with van der Waals surface area (Å²) in [7, 11) is 0.696. The van der Waals surface area contributed by atoms with Crippen molar-refractivity contribution < 1.29 is 4.43 Å². The molecule has 44 valence electrons. The van der Waals surface area contributed by atoms with E-state index in [0.717, 1.165) is 6.42 Å². The third-order valence-corrected chi connectivity index (χ3v) is 2.07. The Morgan fingerprint density at radius 2 is 2.29 bits per heavy atom. The van der Waals surface area contributed by atoms with Crippen LogP contribution in [0.4, 0.5) is 0 Å². The highest BCUT2D eigenvalue weighted by molar-refractivity contribution is 6.22. The van der Waals surface area contributed by atoms with Gasteiger partial charge >= 0.3 is 0 Å². The Hall–Kier alpha value is 0.757. The predicted octanol–water partition coefficient (Wildman–Crippen LogP) is 0.477. The van der Waals surface area contributed by atoms with Gasteiger partial charge in [0, 0.05) is 12.3 Å². The van der Waals surface area contributed by atoms with Crippen LogP contribution in [0.2, 0.25) is 0 Å². The third-order valence-electron chi connectivity index (χ3n) is 0.592. The van der Waals surface area contributed by atoms with Crippen molar-refractivity contribution in [3.8, 4) is 0 Å². The van der Waals surface area contributed by atoms with Crippen LogP contribution in [-0.4, -0.2) is 21.9 Å². The van der Waals surface area contributed by atoms with Crippen molar-refractivity contribution in [1.29, 1.82) is 0 Å². The Bertz CT molecular complexity index is 43.9. The third kappa shape index (κ3) is 4.61. The quantitative estimate of drug-likeness (QED) is 0.429. The van der Waals surface area contributed by atoms with Crippen LogP contribution in [-0.2, 0) is 4.43 Å². The van der Waals surface area contributed by atoms with Gasteiger partial charge in [-0.3, -0.25) is 0 Å². The van der Waals surface area contributed by atoms with E-state index >= 15 is 0 Å². The van der Waals surface area contributed by atoms with Crippen LogP contribution in [0.25, 0.3) is 0 Å². The van der Waals surface area contributed by atoms with Crippen LogP contribution in [0.15, 0.2) is 0 Å². The summed E-state index contributed by atoms with van der Waals surface area (Å²) in [4.78, 5) is 0. The van der Waals surface area contributed by atoms with E-state index in [9.17, 15) is 0 Å². The van der Waals surface area contributed by atoms with E-state index in [0.29, 0.717) is 16.4 Å². The molecule has 0 rings (SSSR count). The van der Waals surface area contributed by atoms with Crippen molar-refractivity contribution >= 4 is 33.7 Å². The van der Waals surface area contributed by atoms with Crippen molar-refractivity contribution in [2.75, 3.05) is 5.88 Å². The molecule has 7 heavy (non-hydrogen) atoms. The van der Waals surface area contributed by atoms with Crippen molar-refractivity contribution in [2.45, 2.75) is 12.0 Å². The second kappa shape index (κ2) is 4.90. The van der Waals surface area contributed by atoms with Gasteiger partial charge in [0.25, 0.3) is 0 Å². The van der Waals surface area contributed by atoms with Gasteiger partial charge in [0.2, 0.25) is 0 Å². The number of rotatable bonds is 3. The van der Waals surface area contributed by atoms with Crippen molar-refractivity contribution in [2.24, 2.45) is 0 Å². The van der Waals surface area contributed by atoms with Crippen LogP contribution in [0.5, 0.6) is 0 Å². The topological polar surface area (TPSA) is 9.23 Å². The maximum atomic E-state index is 5.49. The van der Waals surface area contributed by atoms with E-state index in [-0.39, 0.29) is 5.56 Å². The van der Waals surface area contributed by atoms with Gasteiger partial charge in [-0.05, 0) is 0 Å². The Balaban J connectivity index is 2.83. The van der Waals surface area contributed by atoms with Gasteiger partial charge in [0.1, 0.15) is 16.0 Å². The summed E-state index contributed by atoms with van der Waals surface area (Å²) in [6, 6.07) is 0. The van der Waals surface area contributed by atoms with Gasteiger partial charge in [-0.15, -0.1) is 11.6 Å². The first-order valence-corrected chi connectivity index (χ1v) is 3.83. The molecule has 0 bridgehead atoms. The zero-order valence-corrected chi connectivity index (χ0v) is 7.67. The van der Waals surface area contributed by atoms with Gasteiger partial charge in [0.15, 0.2) is 0 Å². The minimum absolute atomic E-state index is 0.149. The molecule has 0 amide bonds. The molecular formula is C3H8Cl2OSi. The summed E-state index contributed by atoms with van der Waals surface area (Å²) in [5.74, 6) is 0.580. The van der Waals surface area contributed by atoms with E-state index in [2.05, 4.69) is 0 Å². The maximum Gasteiger partial charge on any atom is 0.148 e. The highest BCUT2D eigenvalue weighted by atomic mass is 35.5. The molecule has 0 aliphatic carbocycles. The lowest BCUT2D eigenvalue weighted by Crippen LogP contribution is -2.01. The van der Waals surface area contributed by atoms with Gasteiger partial charge < -0.3 is 4.43 Å².